The fourth-order valence-electron chi connectivity index (χ4n) is 2.70. The van der Waals surface area contributed by atoms with Gasteiger partial charge in [0.2, 0.25) is 0 Å². The summed E-state index contributed by atoms with van der Waals surface area (Å²) >= 11 is 2.50. The lowest BCUT2D eigenvalue weighted by Gasteiger charge is -2.33. The molecule has 0 N–H and O–H groups in total. The van der Waals surface area contributed by atoms with Crippen molar-refractivity contribution in [3.05, 3.63) is 0 Å². The Morgan fingerprint density at radius 1 is 1.33 bits per heavy atom. The van der Waals surface area contributed by atoms with Crippen LogP contribution < -0.4 is 0 Å². The van der Waals surface area contributed by atoms with Gasteiger partial charge >= 0.3 is 0 Å². The lowest BCUT2D eigenvalue weighted by Crippen LogP contribution is -2.44. The number of hydrogen-bond acceptors (Lipinski definition) is 2. The van der Waals surface area contributed by atoms with Gasteiger partial charge in [-0.2, -0.15) is 0 Å². The summed E-state index contributed by atoms with van der Waals surface area (Å²) in [5, 5.41) is 0. The molecule has 2 aliphatic heterocycles. The van der Waals surface area contributed by atoms with Gasteiger partial charge in [0.05, 0.1) is 4.55 Å². The Bertz CT molecular complexity index is 174. The van der Waals surface area contributed by atoms with E-state index in [0.717, 1.165) is 0 Å². The number of nitrogens with zero attached hydrogens (tertiary/aromatic N) is 2. The van der Waals surface area contributed by atoms with E-state index in [0.29, 0.717) is 5.54 Å². The van der Waals surface area contributed by atoms with Crippen LogP contribution in [0.1, 0.15) is 19.3 Å². The van der Waals surface area contributed by atoms with Crippen LogP contribution in [0.25, 0.3) is 0 Å². The Morgan fingerprint density at radius 2 is 2.17 bits per heavy atom. The van der Waals surface area contributed by atoms with Crippen molar-refractivity contribution in [2.45, 2.75) is 24.8 Å². The Kier molecular flexibility index (Phi) is 2.63. The van der Waals surface area contributed by atoms with Gasteiger partial charge in [0.15, 0.2) is 0 Å². The summed E-state index contributed by atoms with van der Waals surface area (Å²) in [6.07, 6.45) is 4.24. The molecule has 2 nitrogen and oxygen atoms in total. The Labute approximate surface area is 88.4 Å². The highest BCUT2D eigenvalue weighted by Crippen LogP contribution is 2.37. The zero-order valence-corrected chi connectivity index (χ0v) is 9.88. The molecule has 2 fully saturated rings. The molecule has 2 heterocycles. The molecule has 0 amide bonds. The first-order valence-corrected chi connectivity index (χ1v) is 6.29. The molecule has 0 aromatic carbocycles. The lowest BCUT2D eigenvalue weighted by molar-refractivity contribution is 0.176. The highest BCUT2D eigenvalue weighted by atomic mass is 127. The molecule has 0 aliphatic carbocycles. The first-order chi connectivity index (χ1) is 5.77. The zero-order chi connectivity index (χ0) is 8.60. The van der Waals surface area contributed by atoms with Gasteiger partial charge in [0.25, 0.3) is 0 Å². The molecule has 2 rings (SSSR count). The molecule has 0 aromatic heterocycles. The summed E-state index contributed by atoms with van der Waals surface area (Å²) in [7, 11) is 2.25. The average molecular weight is 280 g/mol. The molecule has 2 saturated heterocycles. The molecule has 70 valence electrons. The van der Waals surface area contributed by atoms with Crippen LogP contribution in [0.4, 0.5) is 0 Å². The summed E-state index contributed by atoms with van der Waals surface area (Å²) < 4.78 is 1.21. The standard InChI is InChI=1S/C9H17IN2/c1-11-6-4-9(7-11)3-2-5-12(9)8-10/h2-8H2,1H3. The first kappa shape index (κ1) is 9.21. The van der Waals surface area contributed by atoms with E-state index >= 15 is 0 Å². The third-order valence-electron chi connectivity index (χ3n) is 3.41. The number of likely N-dealkylation sites (tertiary alicyclic amines) is 2. The second-order valence-corrected chi connectivity index (χ2v) is 4.88. The minimum Gasteiger partial charge on any atom is -0.304 e. The van der Waals surface area contributed by atoms with Gasteiger partial charge in [0, 0.05) is 12.1 Å². The van der Waals surface area contributed by atoms with Crippen molar-refractivity contribution in [2.75, 3.05) is 31.2 Å². The van der Waals surface area contributed by atoms with Gasteiger partial charge in [-0.1, -0.05) is 22.6 Å². The second kappa shape index (κ2) is 3.42. The summed E-state index contributed by atoms with van der Waals surface area (Å²) in [5.41, 5.74) is 0.579. The van der Waals surface area contributed by atoms with E-state index in [1.165, 1.54) is 43.4 Å². The monoisotopic (exact) mass is 280 g/mol. The van der Waals surface area contributed by atoms with Crippen molar-refractivity contribution in [3.8, 4) is 0 Å². The molecular formula is C9H17IN2. The van der Waals surface area contributed by atoms with Crippen LogP contribution in [0.5, 0.6) is 0 Å². The van der Waals surface area contributed by atoms with Crippen LogP contribution in [0.3, 0.4) is 0 Å². The molecule has 0 saturated carbocycles. The Balaban J connectivity index is 2.09. The van der Waals surface area contributed by atoms with Crippen LogP contribution in [-0.4, -0.2) is 46.6 Å². The summed E-state index contributed by atoms with van der Waals surface area (Å²) in [6.45, 7) is 3.93. The van der Waals surface area contributed by atoms with Crippen LogP contribution in [0.15, 0.2) is 0 Å². The van der Waals surface area contributed by atoms with Crippen molar-refractivity contribution in [2.24, 2.45) is 0 Å². The summed E-state index contributed by atoms with van der Waals surface area (Å²) in [6, 6.07) is 0. The van der Waals surface area contributed by atoms with E-state index in [4.69, 9.17) is 0 Å². The highest BCUT2D eigenvalue weighted by Gasteiger charge is 2.44. The van der Waals surface area contributed by atoms with E-state index < -0.39 is 0 Å². The fourth-order valence-corrected chi connectivity index (χ4v) is 3.77. The van der Waals surface area contributed by atoms with Crippen LogP contribution in [0, 0.1) is 0 Å². The van der Waals surface area contributed by atoms with Gasteiger partial charge in [-0.25, -0.2) is 0 Å². The van der Waals surface area contributed by atoms with Crippen LogP contribution in [-0.2, 0) is 0 Å². The number of hydrogen-bond donors (Lipinski definition) is 0. The van der Waals surface area contributed by atoms with E-state index in [9.17, 15) is 0 Å². The quantitative estimate of drug-likeness (QED) is 0.408. The smallest absolute Gasteiger partial charge is 0.0511 e. The maximum Gasteiger partial charge on any atom is 0.0511 e. The predicted octanol–water partition coefficient (Wildman–Crippen LogP) is 1.55. The van der Waals surface area contributed by atoms with E-state index in [2.05, 4.69) is 39.4 Å². The molecule has 12 heavy (non-hydrogen) atoms. The van der Waals surface area contributed by atoms with E-state index in [1.807, 2.05) is 0 Å². The average Bonchev–Trinajstić information content (AvgIpc) is 2.60. The SMILES string of the molecule is CN1CCC2(CCCN2CI)C1. The van der Waals surface area contributed by atoms with Crippen molar-refractivity contribution in [1.29, 1.82) is 0 Å². The van der Waals surface area contributed by atoms with Gasteiger partial charge in [-0.05, 0) is 39.4 Å². The van der Waals surface area contributed by atoms with Gasteiger partial charge in [-0.3, -0.25) is 4.90 Å². The van der Waals surface area contributed by atoms with Crippen molar-refractivity contribution in [1.82, 2.24) is 9.80 Å². The molecule has 1 unspecified atom stereocenters. The highest BCUT2D eigenvalue weighted by molar-refractivity contribution is 14.1. The van der Waals surface area contributed by atoms with Gasteiger partial charge < -0.3 is 4.90 Å². The largest absolute Gasteiger partial charge is 0.304 e. The van der Waals surface area contributed by atoms with Crippen molar-refractivity contribution in [3.63, 3.8) is 0 Å². The van der Waals surface area contributed by atoms with Crippen molar-refractivity contribution >= 4 is 22.6 Å². The number of alkyl halides is 1. The van der Waals surface area contributed by atoms with E-state index in [-0.39, 0.29) is 0 Å². The normalized spacial score (nSPS) is 38.5. The van der Waals surface area contributed by atoms with Crippen LogP contribution >= 0.6 is 22.6 Å². The van der Waals surface area contributed by atoms with Crippen LogP contribution in [0.2, 0.25) is 0 Å². The second-order valence-electron chi connectivity index (χ2n) is 4.20. The molecule has 1 atom stereocenters. The zero-order valence-electron chi connectivity index (χ0n) is 7.72. The Hall–Kier alpha value is 0.650. The molecule has 1 spiro atoms. The maximum atomic E-state index is 2.68. The molecule has 2 aliphatic rings. The first-order valence-electron chi connectivity index (χ1n) is 4.76. The molecule has 0 bridgehead atoms. The predicted molar refractivity (Wildman–Crippen MR) is 59.7 cm³/mol. The van der Waals surface area contributed by atoms with Crippen molar-refractivity contribution < 1.29 is 0 Å². The maximum absolute atomic E-state index is 2.68. The number of likely N-dealkylation sites (N-methyl/N-ethyl adjacent to an activating group) is 1. The van der Waals surface area contributed by atoms with E-state index in [1.54, 1.807) is 0 Å². The Morgan fingerprint density at radius 3 is 2.75 bits per heavy atom. The van der Waals surface area contributed by atoms with Gasteiger partial charge in [0.1, 0.15) is 0 Å². The summed E-state index contributed by atoms with van der Waals surface area (Å²) in [5.74, 6) is 0. The number of rotatable bonds is 1. The molecule has 3 heteroatoms. The third kappa shape index (κ3) is 1.40. The third-order valence-corrected chi connectivity index (χ3v) is 4.23. The molecular weight excluding hydrogens is 263 g/mol. The minimum atomic E-state index is 0.579. The molecule has 0 aromatic rings. The minimum absolute atomic E-state index is 0.579. The topological polar surface area (TPSA) is 6.48 Å². The lowest BCUT2D eigenvalue weighted by atomic mass is 9.96. The fraction of sp³-hybridized carbons (Fsp3) is 1.00. The van der Waals surface area contributed by atoms with Gasteiger partial charge in [-0.15, -0.1) is 0 Å². The summed E-state index contributed by atoms with van der Waals surface area (Å²) in [4.78, 5) is 5.15. The number of halogens is 1. The molecule has 0 radical (unpaired) electrons.